The summed E-state index contributed by atoms with van der Waals surface area (Å²) in [6, 6.07) is 12.4. The first kappa shape index (κ1) is 15.8. The first-order chi connectivity index (χ1) is 10.1. The van der Waals surface area contributed by atoms with Gasteiger partial charge in [0, 0.05) is 29.0 Å². The van der Waals surface area contributed by atoms with E-state index in [0.29, 0.717) is 16.9 Å². The van der Waals surface area contributed by atoms with Gasteiger partial charge in [0.25, 0.3) is 0 Å². The van der Waals surface area contributed by atoms with Crippen LogP contribution in [0.3, 0.4) is 0 Å². The Bertz CT molecular complexity index is 633. The van der Waals surface area contributed by atoms with Crippen LogP contribution in [-0.2, 0) is 10.8 Å². The van der Waals surface area contributed by atoms with E-state index in [1.807, 2.05) is 17.5 Å². The normalized spacial score (nSPS) is 13.6. The Kier molecular flexibility index (Phi) is 5.59. The summed E-state index contributed by atoms with van der Waals surface area (Å²) < 4.78 is 11.8. The van der Waals surface area contributed by atoms with E-state index in [4.69, 9.17) is 0 Å². The summed E-state index contributed by atoms with van der Waals surface area (Å²) in [5, 5.41) is 1.22. The summed E-state index contributed by atoms with van der Waals surface area (Å²) >= 11 is 1.39. The molecule has 110 valence electrons. The van der Waals surface area contributed by atoms with Crippen molar-refractivity contribution in [3.05, 3.63) is 58.3 Å². The van der Waals surface area contributed by atoms with Crippen LogP contribution >= 0.6 is 11.3 Å². The number of benzene rings is 1. The zero-order valence-electron chi connectivity index (χ0n) is 11.7. The van der Waals surface area contributed by atoms with Gasteiger partial charge in [-0.2, -0.15) is 0 Å². The second kappa shape index (κ2) is 7.43. The van der Waals surface area contributed by atoms with Gasteiger partial charge >= 0.3 is 0 Å². The van der Waals surface area contributed by atoms with Crippen LogP contribution in [0.25, 0.3) is 0 Å². The molecule has 1 aromatic heterocycles. The summed E-state index contributed by atoms with van der Waals surface area (Å²) in [4.78, 5) is 25.1. The van der Waals surface area contributed by atoms with E-state index in [0.717, 1.165) is 0 Å². The highest BCUT2D eigenvalue weighted by atomic mass is 32.2. The van der Waals surface area contributed by atoms with Gasteiger partial charge in [0.1, 0.15) is 0 Å². The molecule has 0 fully saturated rings. The number of rotatable bonds is 7. The van der Waals surface area contributed by atoms with E-state index < -0.39 is 16.0 Å². The molecule has 2 unspecified atom stereocenters. The summed E-state index contributed by atoms with van der Waals surface area (Å²) in [7, 11) is -1.30. The van der Waals surface area contributed by atoms with Crippen LogP contribution in [0.2, 0.25) is 0 Å². The molecule has 0 amide bonds. The average molecular weight is 320 g/mol. The molecule has 0 radical (unpaired) electrons. The number of carbonyl (C=O) groups is 2. The number of hydrogen-bond acceptors (Lipinski definition) is 4. The third-order valence-corrected chi connectivity index (χ3v) is 5.34. The van der Waals surface area contributed by atoms with Gasteiger partial charge < -0.3 is 0 Å². The minimum Gasteiger partial charge on any atom is -0.293 e. The molecule has 2 aromatic rings. The maximum Gasteiger partial charge on any atom is 0.178 e. The Labute approximate surface area is 130 Å². The fraction of sp³-hybridized carbons (Fsp3) is 0.250. The smallest absolute Gasteiger partial charge is 0.178 e. The Morgan fingerprint density at radius 3 is 2.43 bits per heavy atom. The monoisotopic (exact) mass is 320 g/mol. The molecule has 3 nitrogen and oxygen atoms in total. The number of thiophene rings is 1. The van der Waals surface area contributed by atoms with Gasteiger partial charge in [0.2, 0.25) is 0 Å². The fourth-order valence-corrected chi connectivity index (χ4v) is 3.64. The van der Waals surface area contributed by atoms with E-state index in [2.05, 4.69) is 0 Å². The van der Waals surface area contributed by atoms with Crippen LogP contribution in [0.1, 0.15) is 32.9 Å². The van der Waals surface area contributed by atoms with Crippen LogP contribution < -0.4 is 0 Å². The molecule has 21 heavy (non-hydrogen) atoms. The highest BCUT2D eigenvalue weighted by molar-refractivity contribution is 7.85. The lowest BCUT2D eigenvalue weighted by Crippen LogP contribution is -2.26. The maximum absolute atomic E-state index is 12.4. The summed E-state index contributed by atoms with van der Waals surface area (Å²) in [6.07, 6.45) is 2.07. The molecule has 0 saturated carbocycles. The predicted molar refractivity (Wildman–Crippen MR) is 86.5 cm³/mol. The second-order valence-corrected chi connectivity index (χ2v) is 7.17. The van der Waals surface area contributed by atoms with Gasteiger partial charge in [0.05, 0.1) is 10.1 Å². The Morgan fingerprint density at radius 2 is 1.86 bits per heavy atom. The second-order valence-electron chi connectivity index (χ2n) is 4.66. The van der Waals surface area contributed by atoms with E-state index >= 15 is 0 Å². The first-order valence-corrected chi connectivity index (χ1v) is 9.08. The van der Waals surface area contributed by atoms with Crippen molar-refractivity contribution in [1.82, 2.24) is 0 Å². The quantitative estimate of drug-likeness (QED) is 0.735. The van der Waals surface area contributed by atoms with Crippen LogP contribution in [0.5, 0.6) is 0 Å². The minimum atomic E-state index is -1.30. The summed E-state index contributed by atoms with van der Waals surface area (Å²) in [6.45, 7) is 0. The zero-order valence-corrected chi connectivity index (χ0v) is 13.3. The molecular weight excluding hydrogens is 304 g/mol. The summed E-state index contributed by atoms with van der Waals surface area (Å²) in [5.74, 6) is -0.156. The van der Waals surface area contributed by atoms with Gasteiger partial charge in [-0.05, 0) is 17.9 Å². The third-order valence-electron chi connectivity index (χ3n) is 3.18. The highest BCUT2D eigenvalue weighted by Crippen LogP contribution is 2.17. The van der Waals surface area contributed by atoms with Gasteiger partial charge in [-0.15, -0.1) is 11.3 Å². The molecule has 1 aromatic carbocycles. The molecule has 2 rings (SSSR count). The van der Waals surface area contributed by atoms with Crippen molar-refractivity contribution >= 4 is 33.7 Å². The van der Waals surface area contributed by atoms with Crippen molar-refractivity contribution in [3.8, 4) is 0 Å². The molecule has 1 heterocycles. The van der Waals surface area contributed by atoms with Crippen LogP contribution in [0, 0.1) is 0 Å². The van der Waals surface area contributed by atoms with Gasteiger partial charge in [-0.3, -0.25) is 13.8 Å². The fourth-order valence-electron chi connectivity index (χ4n) is 2.06. The molecule has 0 aliphatic carbocycles. The molecule has 0 aliphatic rings. The Hall–Kier alpha value is -1.59. The SMILES string of the molecule is CS(=O)C(CCC(=O)c1cccs1)C(=O)c1ccccc1. The standard InChI is InChI=1S/C16H16O3S2/c1-21(19)15(16(18)12-6-3-2-4-7-12)10-9-13(17)14-8-5-11-20-14/h2-8,11,15H,9-10H2,1H3. The molecule has 0 saturated heterocycles. The van der Waals surface area contributed by atoms with Crippen molar-refractivity contribution in [2.45, 2.75) is 18.1 Å². The Morgan fingerprint density at radius 1 is 1.14 bits per heavy atom. The topological polar surface area (TPSA) is 51.2 Å². The molecule has 0 aliphatic heterocycles. The predicted octanol–water partition coefficient (Wildman–Crippen LogP) is 3.34. The van der Waals surface area contributed by atoms with E-state index in [-0.39, 0.29) is 18.0 Å². The molecular formula is C16H16O3S2. The Balaban J connectivity index is 2.05. The molecule has 0 spiro atoms. The van der Waals surface area contributed by atoms with Gasteiger partial charge in [-0.25, -0.2) is 0 Å². The van der Waals surface area contributed by atoms with Crippen molar-refractivity contribution in [3.63, 3.8) is 0 Å². The number of carbonyl (C=O) groups excluding carboxylic acids is 2. The average Bonchev–Trinajstić information content (AvgIpc) is 3.02. The lowest BCUT2D eigenvalue weighted by Gasteiger charge is -2.12. The number of ketones is 2. The minimum absolute atomic E-state index is 0.00121. The van der Waals surface area contributed by atoms with E-state index in [9.17, 15) is 13.8 Å². The van der Waals surface area contributed by atoms with Crippen molar-refractivity contribution in [1.29, 1.82) is 0 Å². The largest absolute Gasteiger partial charge is 0.293 e. The van der Waals surface area contributed by atoms with Crippen molar-refractivity contribution < 1.29 is 13.8 Å². The van der Waals surface area contributed by atoms with Crippen molar-refractivity contribution in [2.75, 3.05) is 6.26 Å². The molecule has 5 heteroatoms. The van der Waals surface area contributed by atoms with Gasteiger partial charge in [-0.1, -0.05) is 36.4 Å². The van der Waals surface area contributed by atoms with Gasteiger partial charge in [0.15, 0.2) is 11.6 Å². The third kappa shape index (κ3) is 4.19. The van der Waals surface area contributed by atoms with E-state index in [1.54, 1.807) is 30.3 Å². The zero-order chi connectivity index (χ0) is 15.2. The van der Waals surface area contributed by atoms with Crippen LogP contribution in [0.4, 0.5) is 0 Å². The summed E-state index contributed by atoms with van der Waals surface area (Å²) in [5.41, 5.74) is 0.543. The highest BCUT2D eigenvalue weighted by Gasteiger charge is 2.24. The van der Waals surface area contributed by atoms with Crippen LogP contribution in [-0.4, -0.2) is 27.3 Å². The van der Waals surface area contributed by atoms with Crippen LogP contribution in [0.15, 0.2) is 47.8 Å². The maximum atomic E-state index is 12.4. The lowest BCUT2D eigenvalue weighted by molar-refractivity contribution is 0.0963. The van der Waals surface area contributed by atoms with E-state index in [1.165, 1.54) is 17.6 Å². The molecule has 0 N–H and O–H groups in total. The molecule has 0 bridgehead atoms. The first-order valence-electron chi connectivity index (χ1n) is 6.58. The number of Topliss-reactive ketones (excluding diaryl/α,β-unsaturated/α-hetero) is 2. The number of hydrogen-bond donors (Lipinski definition) is 0. The molecule has 2 atom stereocenters. The lowest BCUT2D eigenvalue weighted by atomic mass is 10.0. The van der Waals surface area contributed by atoms with Crippen molar-refractivity contribution in [2.24, 2.45) is 0 Å².